The molecular formula is C11H10N2OS2. The van der Waals surface area contributed by atoms with Gasteiger partial charge in [0.25, 0.3) is 0 Å². The van der Waals surface area contributed by atoms with Gasteiger partial charge in [-0.05, 0) is 11.4 Å². The Morgan fingerprint density at radius 2 is 2.50 bits per heavy atom. The van der Waals surface area contributed by atoms with E-state index in [-0.39, 0.29) is 6.61 Å². The summed E-state index contributed by atoms with van der Waals surface area (Å²) < 4.78 is 0. The number of aliphatic hydroxyl groups is 1. The molecule has 2 aromatic heterocycles. The number of aromatic amines is 1. The predicted octanol–water partition coefficient (Wildman–Crippen LogP) is 2.11. The summed E-state index contributed by atoms with van der Waals surface area (Å²) in [5.74, 6) is 6.45. The van der Waals surface area contributed by atoms with Crippen LogP contribution in [0.15, 0.2) is 29.0 Å². The van der Waals surface area contributed by atoms with Gasteiger partial charge in [0.1, 0.15) is 6.61 Å². The lowest BCUT2D eigenvalue weighted by Gasteiger charge is -1.96. The minimum absolute atomic E-state index is 0.0966. The minimum atomic E-state index is -0.0966. The van der Waals surface area contributed by atoms with E-state index in [9.17, 15) is 0 Å². The van der Waals surface area contributed by atoms with Crippen LogP contribution in [0.5, 0.6) is 0 Å². The van der Waals surface area contributed by atoms with Gasteiger partial charge in [-0.15, -0.1) is 11.3 Å². The molecule has 0 aliphatic rings. The number of nitrogens with zero attached hydrogens (tertiary/aromatic N) is 1. The van der Waals surface area contributed by atoms with Crippen LogP contribution < -0.4 is 0 Å². The summed E-state index contributed by atoms with van der Waals surface area (Å²) in [4.78, 5) is 8.40. The summed E-state index contributed by atoms with van der Waals surface area (Å²) in [6, 6.07) is 1.98. The third kappa shape index (κ3) is 2.89. The van der Waals surface area contributed by atoms with Crippen molar-refractivity contribution >= 4 is 23.1 Å². The maximum absolute atomic E-state index is 8.65. The smallest absolute Gasteiger partial charge is 0.165 e. The fourth-order valence-electron chi connectivity index (χ4n) is 1.16. The van der Waals surface area contributed by atoms with Crippen LogP contribution in [0.4, 0.5) is 0 Å². The van der Waals surface area contributed by atoms with Gasteiger partial charge in [0.05, 0.1) is 0 Å². The van der Waals surface area contributed by atoms with Gasteiger partial charge in [0, 0.05) is 28.6 Å². The Hall–Kier alpha value is -1.22. The molecule has 5 heteroatoms. The number of aliphatic hydroxyl groups excluding tert-OH is 1. The second kappa shape index (κ2) is 5.75. The first-order valence-electron chi connectivity index (χ1n) is 4.68. The van der Waals surface area contributed by atoms with E-state index in [0.29, 0.717) is 0 Å². The molecule has 0 atom stereocenters. The largest absolute Gasteiger partial charge is 0.384 e. The molecule has 0 unspecified atom stereocenters. The Labute approximate surface area is 102 Å². The quantitative estimate of drug-likeness (QED) is 0.648. The van der Waals surface area contributed by atoms with Gasteiger partial charge >= 0.3 is 0 Å². The SMILES string of the molecule is OCC#Cc1ccsc1CSc1ncc[nH]1. The molecule has 2 N–H and O–H groups in total. The molecule has 2 aromatic rings. The van der Waals surface area contributed by atoms with Gasteiger partial charge in [-0.25, -0.2) is 4.98 Å². The van der Waals surface area contributed by atoms with E-state index in [1.807, 2.05) is 17.6 Å². The second-order valence-corrected chi connectivity index (χ2v) is 4.87. The number of nitrogens with one attached hydrogen (secondary N) is 1. The molecule has 0 aliphatic heterocycles. The molecule has 0 aromatic carbocycles. The van der Waals surface area contributed by atoms with Gasteiger partial charge in [-0.3, -0.25) is 0 Å². The van der Waals surface area contributed by atoms with E-state index in [4.69, 9.17) is 5.11 Å². The highest BCUT2D eigenvalue weighted by atomic mass is 32.2. The zero-order chi connectivity index (χ0) is 11.2. The Bertz CT molecular complexity index is 494. The van der Waals surface area contributed by atoms with Crippen LogP contribution in [0.3, 0.4) is 0 Å². The topological polar surface area (TPSA) is 48.9 Å². The molecule has 0 bridgehead atoms. The molecule has 2 heterocycles. The number of H-pyrrole nitrogens is 1. The second-order valence-electron chi connectivity index (χ2n) is 2.90. The first kappa shape index (κ1) is 11.3. The normalized spacial score (nSPS) is 9.81. The summed E-state index contributed by atoms with van der Waals surface area (Å²) >= 11 is 3.32. The summed E-state index contributed by atoms with van der Waals surface area (Å²) in [6.45, 7) is -0.0966. The lowest BCUT2D eigenvalue weighted by atomic mass is 10.3. The fraction of sp³-hybridized carbons (Fsp3) is 0.182. The van der Waals surface area contributed by atoms with Crippen molar-refractivity contribution in [3.8, 4) is 11.8 Å². The lowest BCUT2D eigenvalue weighted by Crippen LogP contribution is -1.82. The molecular weight excluding hydrogens is 240 g/mol. The maximum Gasteiger partial charge on any atom is 0.165 e. The van der Waals surface area contributed by atoms with Gasteiger partial charge in [0.2, 0.25) is 0 Å². The van der Waals surface area contributed by atoms with Crippen molar-refractivity contribution in [2.24, 2.45) is 0 Å². The molecule has 16 heavy (non-hydrogen) atoms. The van der Waals surface area contributed by atoms with Crippen molar-refractivity contribution in [1.82, 2.24) is 9.97 Å². The number of thiophene rings is 1. The Balaban J connectivity index is 2.01. The minimum Gasteiger partial charge on any atom is -0.384 e. The number of hydrogen-bond acceptors (Lipinski definition) is 4. The van der Waals surface area contributed by atoms with E-state index in [1.54, 1.807) is 29.3 Å². The first-order valence-corrected chi connectivity index (χ1v) is 6.55. The van der Waals surface area contributed by atoms with E-state index in [2.05, 4.69) is 21.8 Å². The maximum atomic E-state index is 8.65. The van der Waals surface area contributed by atoms with E-state index in [1.165, 1.54) is 4.88 Å². The highest BCUT2D eigenvalue weighted by molar-refractivity contribution is 7.98. The van der Waals surface area contributed by atoms with Gasteiger partial charge in [-0.2, -0.15) is 0 Å². The average molecular weight is 250 g/mol. The van der Waals surface area contributed by atoms with Gasteiger partial charge in [0.15, 0.2) is 5.16 Å². The molecule has 2 rings (SSSR count). The Morgan fingerprint density at radius 3 is 3.25 bits per heavy atom. The molecule has 0 amide bonds. The van der Waals surface area contributed by atoms with Crippen LogP contribution in [-0.4, -0.2) is 21.7 Å². The predicted molar refractivity (Wildman–Crippen MR) is 66.4 cm³/mol. The molecule has 0 aliphatic carbocycles. The summed E-state index contributed by atoms with van der Waals surface area (Å²) in [5.41, 5.74) is 0.998. The zero-order valence-corrected chi connectivity index (χ0v) is 10.1. The number of hydrogen-bond donors (Lipinski definition) is 2. The van der Waals surface area contributed by atoms with Crippen LogP contribution in [0.1, 0.15) is 10.4 Å². The number of rotatable bonds is 3. The van der Waals surface area contributed by atoms with E-state index in [0.717, 1.165) is 16.5 Å². The van der Waals surface area contributed by atoms with Crippen LogP contribution in [0.2, 0.25) is 0 Å². The molecule has 0 saturated heterocycles. The van der Waals surface area contributed by atoms with Crippen LogP contribution >= 0.6 is 23.1 Å². The van der Waals surface area contributed by atoms with Gasteiger partial charge in [-0.1, -0.05) is 23.6 Å². The highest BCUT2D eigenvalue weighted by Crippen LogP contribution is 2.25. The van der Waals surface area contributed by atoms with Crippen molar-refractivity contribution in [3.63, 3.8) is 0 Å². The number of aromatic nitrogens is 2. The number of thioether (sulfide) groups is 1. The van der Waals surface area contributed by atoms with Crippen LogP contribution in [0.25, 0.3) is 0 Å². The van der Waals surface area contributed by atoms with Crippen molar-refractivity contribution in [1.29, 1.82) is 0 Å². The third-order valence-electron chi connectivity index (χ3n) is 1.86. The zero-order valence-electron chi connectivity index (χ0n) is 8.43. The van der Waals surface area contributed by atoms with Crippen LogP contribution in [0, 0.1) is 11.8 Å². The summed E-state index contributed by atoms with van der Waals surface area (Å²) in [7, 11) is 0. The van der Waals surface area contributed by atoms with Crippen molar-refractivity contribution < 1.29 is 5.11 Å². The third-order valence-corrected chi connectivity index (χ3v) is 3.89. The molecule has 0 spiro atoms. The number of imidazole rings is 1. The fourth-order valence-corrected chi connectivity index (χ4v) is 2.94. The average Bonchev–Trinajstić information content (AvgIpc) is 2.94. The summed E-state index contributed by atoms with van der Waals surface area (Å²) in [5, 5.41) is 11.6. The standard InChI is InChI=1S/C11H10N2OS2/c14-6-1-2-9-3-7-15-10(9)8-16-11-12-4-5-13-11/h3-5,7,14H,6,8H2,(H,12,13). The Kier molecular flexibility index (Phi) is 4.05. The first-order chi connectivity index (χ1) is 7.90. The van der Waals surface area contributed by atoms with Crippen molar-refractivity contribution in [3.05, 3.63) is 34.3 Å². The van der Waals surface area contributed by atoms with Gasteiger partial charge < -0.3 is 10.1 Å². The monoisotopic (exact) mass is 250 g/mol. The Morgan fingerprint density at radius 1 is 1.56 bits per heavy atom. The molecule has 0 saturated carbocycles. The van der Waals surface area contributed by atoms with E-state index >= 15 is 0 Å². The molecule has 3 nitrogen and oxygen atoms in total. The lowest BCUT2D eigenvalue weighted by molar-refractivity contribution is 0.350. The molecule has 82 valence electrons. The van der Waals surface area contributed by atoms with Crippen molar-refractivity contribution in [2.45, 2.75) is 10.9 Å². The summed E-state index contributed by atoms with van der Waals surface area (Å²) in [6.07, 6.45) is 3.55. The molecule has 0 radical (unpaired) electrons. The molecule has 0 fully saturated rings. The van der Waals surface area contributed by atoms with E-state index < -0.39 is 0 Å². The highest BCUT2D eigenvalue weighted by Gasteiger charge is 2.03. The van der Waals surface area contributed by atoms with Crippen molar-refractivity contribution in [2.75, 3.05) is 6.61 Å². The van der Waals surface area contributed by atoms with Crippen LogP contribution in [-0.2, 0) is 5.75 Å².